The summed E-state index contributed by atoms with van der Waals surface area (Å²) >= 11 is 6.09. The summed E-state index contributed by atoms with van der Waals surface area (Å²) in [6.45, 7) is 4.51. The maximum Gasteiger partial charge on any atom is 0.230 e. The van der Waals surface area contributed by atoms with Crippen LogP contribution in [0.25, 0.3) is 0 Å². The van der Waals surface area contributed by atoms with E-state index in [-0.39, 0.29) is 23.7 Å². The molecule has 0 saturated heterocycles. The highest BCUT2D eigenvalue weighted by Crippen LogP contribution is 2.42. The first-order chi connectivity index (χ1) is 12.9. The summed E-state index contributed by atoms with van der Waals surface area (Å²) in [4.78, 5) is 27.1. The number of ether oxygens (including phenoxy) is 1. The molecule has 142 valence electrons. The third-order valence-corrected chi connectivity index (χ3v) is 5.05. The van der Waals surface area contributed by atoms with Gasteiger partial charge < -0.3 is 15.0 Å². The molecule has 1 aliphatic rings. The zero-order chi connectivity index (χ0) is 19.6. The van der Waals surface area contributed by atoms with Crippen molar-refractivity contribution in [3.8, 4) is 5.75 Å². The quantitative estimate of drug-likeness (QED) is 0.805. The van der Waals surface area contributed by atoms with E-state index in [1.165, 1.54) is 7.11 Å². The van der Waals surface area contributed by atoms with Gasteiger partial charge in [0.2, 0.25) is 11.8 Å². The smallest absolute Gasteiger partial charge is 0.230 e. The number of carbonyl (C=O) groups is 2. The minimum atomic E-state index is -0.308. The summed E-state index contributed by atoms with van der Waals surface area (Å²) in [5.41, 5.74) is 2.56. The molecule has 2 unspecified atom stereocenters. The van der Waals surface area contributed by atoms with Crippen molar-refractivity contribution in [2.24, 2.45) is 11.8 Å². The van der Waals surface area contributed by atoms with Gasteiger partial charge in [0, 0.05) is 17.9 Å². The molecule has 1 aliphatic carbocycles. The lowest BCUT2D eigenvalue weighted by molar-refractivity contribution is -0.123. The van der Waals surface area contributed by atoms with Crippen molar-refractivity contribution in [2.45, 2.75) is 20.3 Å². The van der Waals surface area contributed by atoms with E-state index in [1.54, 1.807) is 23.1 Å². The van der Waals surface area contributed by atoms with Gasteiger partial charge in [0.25, 0.3) is 0 Å². The Morgan fingerprint density at radius 3 is 2.63 bits per heavy atom. The van der Waals surface area contributed by atoms with Crippen LogP contribution in [0.4, 0.5) is 11.4 Å². The molecule has 2 atom stereocenters. The average molecular weight is 387 g/mol. The lowest BCUT2D eigenvalue weighted by Gasteiger charge is -2.21. The van der Waals surface area contributed by atoms with Gasteiger partial charge in [0.1, 0.15) is 5.75 Å². The number of hydrogen-bond acceptors (Lipinski definition) is 3. The Hall–Kier alpha value is -2.53. The molecular weight excluding hydrogens is 364 g/mol. The fraction of sp³-hybridized carbons (Fsp3) is 0.333. The minimum absolute atomic E-state index is 0.00369. The number of rotatable bonds is 6. The number of aryl methyl sites for hydroxylation is 1. The molecule has 0 heterocycles. The van der Waals surface area contributed by atoms with E-state index in [9.17, 15) is 9.59 Å². The standard InChI is InChI=1S/C21H23ClN2O3/c1-4-24(15-7-5-6-13(2)10-15)21(26)17-12-16(17)20(25)23-14-8-9-19(27-3)18(22)11-14/h5-11,16-17H,4,12H2,1-3H3,(H,23,25). The van der Waals surface area contributed by atoms with E-state index in [2.05, 4.69) is 5.32 Å². The molecule has 0 radical (unpaired) electrons. The van der Waals surface area contributed by atoms with Gasteiger partial charge in [0.15, 0.2) is 0 Å². The Labute approximate surface area is 164 Å². The average Bonchev–Trinajstić information content (AvgIpc) is 3.43. The third-order valence-electron chi connectivity index (χ3n) is 4.76. The second-order valence-electron chi connectivity index (χ2n) is 6.71. The molecule has 0 bridgehead atoms. The SMILES string of the molecule is CCN(C(=O)C1CC1C(=O)Nc1ccc(OC)c(Cl)c1)c1cccc(C)c1. The van der Waals surface area contributed by atoms with Crippen LogP contribution < -0.4 is 15.0 Å². The molecule has 5 nitrogen and oxygen atoms in total. The Morgan fingerprint density at radius 2 is 2.00 bits per heavy atom. The van der Waals surface area contributed by atoms with Gasteiger partial charge in [-0.15, -0.1) is 0 Å². The van der Waals surface area contributed by atoms with Crippen LogP contribution in [-0.4, -0.2) is 25.5 Å². The Kier molecular flexibility index (Phi) is 5.71. The molecular formula is C21H23ClN2O3. The largest absolute Gasteiger partial charge is 0.495 e. The summed E-state index contributed by atoms with van der Waals surface area (Å²) < 4.78 is 5.11. The van der Waals surface area contributed by atoms with Crippen molar-refractivity contribution in [1.82, 2.24) is 0 Å². The van der Waals surface area contributed by atoms with Crippen LogP contribution in [0, 0.1) is 18.8 Å². The molecule has 2 amide bonds. The van der Waals surface area contributed by atoms with Crippen LogP contribution in [0.2, 0.25) is 5.02 Å². The predicted octanol–water partition coefficient (Wildman–Crippen LogP) is 4.28. The summed E-state index contributed by atoms with van der Waals surface area (Å²) in [6, 6.07) is 12.9. The van der Waals surface area contributed by atoms with Crippen LogP contribution in [0.5, 0.6) is 5.75 Å². The molecule has 1 N–H and O–H groups in total. The number of anilines is 2. The fourth-order valence-corrected chi connectivity index (χ4v) is 3.46. The summed E-state index contributed by atoms with van der Waals surface area (Å²) in [7, 11) is 1.54. The Bertz CT molecular complexity index is 868. The molecule has 2 aromatic carbocycles. The highest BCUT2D eigenvalue weighted by Gasteiger charge is 2.49. The monoisotopic (exact) mass is 386 g/mol. The van der Waals surface area contributed by atoms with Crippen LogP contribution in [-0.2, 0) is 9.59 Å². The lowest BCUT2D eigenvalue weighted by Crippen LogP contribution is -2.33. The molecule has 6 heteroatoms. The molecule has 1 fully saturated rings. The number of methoxy groups -OCH3 is 1. The number of benzene rings is 2. The number of nitrogens with zero attached hydrogens (tertiary/aromatic N) is 1. The third kappa shape index (κ3) is 4.25. The van der Waals surface area contributed by atoms with Crippen molar-refractivity contribution in [3.05, 3.63) is 53.1 Å². The molecule has 0 spiro atoms. The Morgan fingerprint density at radius 1 is 1.22 bits per heavy atom. The van der Waals surface area contributed by atoms with E-state index in [0.29, 0.717) is 29.4 Å². The molecule has 27 heavy (non-hydrogen) atoms. The van der Waals surface area contributed by atoms with Crippen molar-refractivity contribution in [2.75, 3.05) is 23.9 Å². The number of amides is 2. The van der Waals surface area contributed by atoms with Crippen LogP contribution in [0.15, 0.2) is 42.5 Å². The van der Waals surface area contributed by atoms with Gasteiger partial charge >= 0.3 is 0 Å². The summed E-state index contributed by atoms with van der Waals surface area (Å²) in [5, 5.41) is 3.26. The van der Waals surface area contributed by atoms with Gasteiger partial charge in [0.05, 0.1) is 24.0 Å². The number of carbonyl (C=O) groups excluding carboxylic acids is 2. The van der Waals surface area contributed by atoms with Gasteiger partial charge in [-0.25, -0.2) is 0 Å². The Balaban J connectivity index is 1.64. The highest BCUT2D eigenvalue weighted by molar-refractivity contribution is 6.32. The van der Waals surface area contributed by atoms with Gasteiger partial charge in [-0.1, -0.05) is 23.7 Å². The maximum atomic E-state index is 12.9. The normalized spacial score (nSPS) is 17.9. The van der Waals surface area contributed by atoms with Gasteiger partial charge in [-0.3, -0.25) is 9.59 Å². The van der Waals surface area contributed by atoms with Crippen LogP contribution in [0.3, 0.4) is 0 Å². The minimum Gasteiger partial charge on any atom is -0.495 e. The maximum absolute atomic E-state index is 12.9. The first kappa shape index (κ1) is 19.2. The van der Waals surface area contributed by atoms with E-state index in [4.69, 9.17) is 16.3 Å². The second-order valence-corrected chi connectivity index (χ2v) is 7.12. The summed E-state index contributed by atoms with van der Waals surface area (Å²) in [5.74, 6) is -0.201. The topological polar surface area (TPSA) is 58.6 Å². The van der Waals surface area contributed by atoms with E-state index >= 15 is 0 Å². The van der Waals surface area contributed by atoms with E-state index < -0.39 is 0 Å². The zero-order valence-corrected chi connectivity index (χ0v) is 16.4. The molecule has 0 aromatic heterocycles. The highest BCUT2D eigenvalue weighted by atomic mass is 35.5. The predicted molar refractivity (Wildman–Crippen MR) is 107 cm³/mol. The lowest BCUT2D eigenvalue weighted by atomic mass is 10.2. The van der Waals surface area contributed by atoms with Crippen LogP contribution in [0.1, 0.15) is 18.9 Å². The van der Waals surface area contributed by atoms with E-state index in [1.807, 2.05) is 38.1 Å². The molecule has 0 aliphatic heterocycles. The number of nitrogens with one attached hydrogen (secondary N) is 1. The van der Waals surface area contributed by atoms with Gasteiger partial charge in [-0.05, 0) is 56.2 Å². The van der Waals surface area contributed by atoms with Crippen molar-refractivity contribution < 1.29 is 14.3 Å². The second kappa shape index (κ2) is 8.01. The van der Waals surface area contributed by atoms with E-state index in [0.717, 1.165) is 11.3 Å². The van der Waals surface area contributed by atoms with Crippen LogP contribution >= 0.6 is 11.6 Å². The van der Waals surface area contributed by atoms with Gasteiger partial charge in [-0.2, -0.15) is 0 Å². The van der Waals surface area contributed by atoms with Crippen molar-refractivity contribution >= 4 is 34.8 Å². The molecule has 1 saturated carbocycles. The molecule has 3 rings (SSSR count). The van der Waals surface area contributed by atoms with Crippen molar-refractivity contribution in [1.29, 1.82) is 0 Å². The fourth-order valence-electron chi connectivity index (χ4n) is 3.20. The zero-order valence-electron chi connectivity index (χ0n) is 15.7. The van der Waals surface area contributed by atoms with Crippen molar-refractivity contribution in [3.63, 3.8) is 0 Å². The number of halogens is 1. The first-order valence-electron chi connectivity index (χ1n) is 8.97. The summed E-state index contributed by atoms with van der Waals surface area (Å²) in [6.07, 6.45) is 0.566. The first-order valence-corrected chi connectivity index (χ1v) is 9.34. The molecule has 2 aromatic rings. The number of hydrogen-bond donors (Lipinski definition) is 1.